The molecule has 7 nitrogen and oxygen atoms in total. The van der Waals surface area contributed by atoms with E-state index in [-0.39, 0.29) is 24.8 Å². The second-order valence-electron chi connectivity index (χ2n) is 6.88. The lowest BCUT2D eigenvalue weighted by molar-refractivity contribution is 0.0149. The molecule has 27 heavy (non-hydrogen) atoms. The Morgan fingerprint density at radius 3 is 2.78 bits per heavy atom. The summed E-state index contributed by atoms with van der Waals surface area (Å²) in [5.41, 5.74) is 0.0717. The van der Waals surface area contributed by atoms with Crippen LogP contribution in [0.25, 0.3) is 11.4 Å². The van der Waals surface area contributed by atoms with E-state index < -0.39 is 5.67 Å². The number of hydrogen-bond acceptors (Lipinski definition) is 5. The summed E-state index contributed by atoms with van der Waals surface area (Å²) in [6.45, 7) is 2.21. The fraction of sp³-hybridized carbons (Fsp3) is 0.368. The summed E-state index contributed by atoms with van der Waals surface area (Å²) in [5, 5.41) is 8.11. The van der Waals surface area contributed by atoms with Crippen molar-refractivity contribution in [3.8, 4) is 11.4 Å². The van der Waals surface area contributed by atoms with Gasteiger partial charge in [-0.3, -0.25) is 9.48 Å². The second-order valence-corrected chi connectivity index (χ2v) is 6.88. The van der Waals surface area contributed by atoms with Crippen molar-refractivity contribution in [2.45, 2.75) is 25.4 Å². The van der Waals surface area contributed by atoms with Gasteiger partial charge in [0.05, 0.1) is 6.54 Å². The van der Waals surface area contributed by atoms with Crippen LogP contribution >= 0.6 is 0 Å². The highest BCUT2D eigenvalue weighted by molar-refractivity contribution is 5.92. The topological polar surface area (TPSA) is 77.1 Å². The number of alkyl halides is 1. The number of aryl methyl sites for hydroxylation is 2. The van der Waals surface area contributed by atoms with E-state index >= 15 is 4.39 Å². The molecule has 1 atom stereocenters. The first-order valence-corrected chi connectivity index (χ1v) is 8.85. The molecular formula is C19H20FN5O2. The smallest absolute Gasteiger partial charge is 0.274 e. The zero-order chi connectivity index (χ0) is 19.0. The molecule has 3 heterocycles. The molecule has 1 aliphatic heterocycles. The van der Waals surface area contributed by atoms with Gasteiger partial charge in [0.25, 0.3) is 11.8 Å². The summed E-state index contributed by atoms with van der Waals surface area (Å²) in [6.07, 6.45) is 0.742. The van der Waals surface area contributed by atoms with Crippen LogP contribution in [0.4, 0.5) is 4.39 Å². The third-order valence-corrected chi connectivity index (χ3v) is 4.90. The number of carbonyl (C=O) groups is 1. The van der Waals surface area contributed by atoms with E-state index in [1.165, 1.54) is 4.90 Å². The molecule has 0 aliphatic carbocycles. The molecule has 8 heteroatoms. The molecule has 0 saturated carbocycles. The quantitative estimate of drug-likeness (QED) is 0.709. The van der Waals surface area contributed by atoms with Crippen molar-refractivity contribution in [2.24, 2.45) is 7.05 Å². The molecule has 1 aliphatic rings. The van der Waals surface area contributed by atoms with Gasteiger partial charge in [0, 0.05) is 24.8 Å². The third kappa shape index (κ3) is 3.22. The number of piperidine rings is 1. The normalized spacial score (nSPS) is 20.0. The zero-order valence-corrected chi connectivity index (χ0v) is 15.2. The highest BCUT2D eigenvalue weighted by Gasteiger charge is 2.44. The monoisotopic (exact) mass is 369 g/mol. The number of amides is 1. The molecular weight excluding hydrogens is 349 g/mol. The SMILES string of the molecule is Cc1cc(C(=O)N2CCCC(F)(c3nc(-c4ccccc4)no3)C2)nn1C. The molecule has 1 fully saturated rings. The van der Waals surface area contributed by atoms with Gasteiger partial charge >= 0.3 is 0 Å². The van der Waals surface area contributed by atoms with Crippen LogP contribution in [0.15, 0.2) is 40.9 Å². The maximum absolute atomic E-state index is 15.6. The van der Waals surface area contributed by atoms with Crippen molar-refractivity contribution in [3.05, 3.63) is 53.7 Å². The Bertz CT molecular complexity index is 948. The van der Waals surface area contributed by atoms with Crippen molar-refractivity contribution < 1.29 is 13.7 Å². The van der Waals surface area contributed by atoms with E-state index in [1.807, 2.05) is 37.3 Å². The van der Waals surface area contributed by atoms with Crippen molar-refractivity contribution in [1.82, 2.24) is 24.8 Å². The maximum atomic E-state index is 15.6. The van der Waals surface area contributed by atoms with Gasteiger partial charge in [-0.05, 0) is 25.8 Å². The van der Waals surface area contributed by atoms with Crippen LogP contribution in [0.3, 0.4) is 0 Å². The van der Waals surface area contributed by atoms with Gasteiger partial charge in [0.2, 0.25) is 11.5 Å². The van der Waals surface area contributed by atoms with Crippen LogP contribution in [0.1, 0.15) is 34.9 Å². The number of aromatic nitrogens is 4. The van der Waals surface area contributed by atoms with Crippen molar-refractivity contribution in [3.63, 3.8) is 0 Å². The predicted octanol–water partition coefficient (Wildman–Crippen LogP) is 2.88. The molecule has 1 aromatic carbocycles. The van der Waals surface area contributed by atoms with Gasteiger partial charge in [0.1, 0.15) is 0 Å². The number of carbonyl (C=O) groups excluding carboxylic acids is 1. The van der Waals surface area contributed by atoms with Gasteiger partial charge in [-0.15, -0.1) is 0 Å². The molecule has 2 aromatic heterocycles. The molecule has 0 spiro atoms. The van der Waals surface area contributed by atoms with Gasteiger partial charge in [-0.25, -0.2) is 4.39 Å². The number of rotatable bonds is 3. The third-order valence-electron chi connectivity index (χ3n) is 4.90. The Morgan fingerprint density at radius 2 is 2.07 bits per heavy atom. The summed E-state index contributed by atoms with van der Waals surface area (Å²) >= 11 is 0. The van der Waals surface area contributed by atoms with Crippen LogP contribution in [0, 0.1) is 6.92 Å². The first-order valence-electron chi connectivity index (χ1n) is 8.85. The van der Waals surface area contributed by atoms with Gasteiger partial charge < -0.3 is 9.42 Å². The van der Waals surface area contributed by atoms with Gasteiger partial charge in [-0.2, -0.15) is 10.1 Å². The van der Waals surface area contributed by atoms with Crippen LogP contribution in [0.2, 0.25) is 0 Å². The zero-order valence-electron chi connectivity index (χ0n) is 15.2. The Kier molecular flexibility index (Phi) is 4.25. The van der Waals surface area contributed by atoms with Crippen molar-refractivity contribution in [2.75, 3.05) is 13.1 Å². The Hall–Kier alpha value is -3.03. The molecule has 0 N–H and O–H groups in total. The molecule has 1 amide bonds. The average molecular weight is 369 g/mol. The summed E-state index contributed by atoms with van der Waals surface area (Å²) in [5.74, 6) is -0.0364. The molecule has 0 bridgehead atoms. The number of benzene rings is 1. The summed E-state index contributed by atoms with van der Waals surface area (Å²) < 4.78 is 22.5. The maximum Gasteiger partial charge on any atom is 0.274 e. The standard InChI is InChI=1S/C19H20FN5O2/c1-13-11-15(22-24(13)2)17(26)25-10-6-9-19(20,12-25)18-21-16(23-27-18)14-7-4-3-5-8-14/h3-5,7-8,11H,6,9-10,12H2,1-2H3. The van der Waals surface area contributed by atoms with Gasteiger partial charge in [0.15, 0.2) is 5.69 Å². The van der Waals surface area contributed by atoms with Crippen LogP contribution in [0.5, 0.6) is 0 Å². The highest BCUT2D eigenvalue weighted by Crippen LogP contribution is 2.36. The Balaban J connectivity index is 1.56. The molecule has 0 radical (unpaired) electrons. The van der Waals surface area contributed by atoms with E-state index in [0.717, 1.165) is 11.3 Å². The second kappa shape index (κ2) is 6.61. The van der Waals surface area contributed by atoms with E-state index in [0.29, 0.717) is 24.5 Å². The van der Waals surface area contributed by atoms with Crippen LogP contribution in [-0.4, -0.2) is 43.8 Å². The minimum Gasteiger partial charge on any atom is -0.335 e. The van der Waals surface area contributed by atoms with Crippen molar-refractivity contribution >= 4 is 5.91 Å². The number of nitrogens with zero attached hydrogens (tertiary/aromatic N) is 5. The fourth-order valence-electron chi connectivity index (χ4n) is 3.30. The van der Waals surface area contributed by atoms with E-state index in [4.69, 9.17) is 4.52 Å². The first kappa shape index (κ1) is 17.4. The molecule has 140 valence electrons. The largest absolute Gasteiger partial charge is 0.335 e. The number of likely N-dealkylation sites (tertiary alicyclic amines) is 1. The average Bonchev–Trinajstić information content (AvgIpc) is 3.30. The van der Waals surface area contributed by atoms with E-state index in [9.17, 15) is 4.79 Å². The lowest BCUT2D eigenvalue weighted by atomic mass is 9.94. The fourth-order valence-corrected chi connectivity index (χ4v) is 3.30. The molecule has 4 rings (SSSR count). The molecule has 1 unspecified atom stereocenters. The van der Waals surface area contributed by atoms with E-state index in [2.05, 4.69) is 15.2 Å². The van der Waals surface area contributed by atoms with Crippen molar-refractivity contribution in [1.29, 1.82) is 0 Å². The number of halogens is 1. The van der Waals surface area contributed by atoms with Crippen LogP contribution in [-0.2, 0) is 12.7 Å². The minimum absolute atomic E-state index is 0.0870. The predicted molar refractivity (Wildman–Crippen MR) is 95.6 cm³/mol. The summed E-state index contributed by atoms with van der Waals surface area (Å²) in [7, 11) is 1.77. The summed E-state index contributed by atoms with van der Waals surface area (Å²) in [6, 6.07) is 11.0. The summed E-state index contributed by atoms with van der Waals surface area (Å²) in [4.78, 5) is 18.4. The minimum atomic E-state index is -1.86. The van der Waals surface area contributed by atoms with Crippen LogP contribution < -0.4 is 0 Å². The molecule has 3 aromatic rings. The Labute approximate surface area is 155 Å². The highest BCUT2D eigenvalue weighted by atomic mass is 19.1. The lowest BCUT2D eigenvalue weighted by Gasteiger charge is -2.34. The lowest BCUT2D eigenvalue weighted by Crippen LogP contribution is -2.46. The van der Waals surface area contributed by atoms with E-state index in [1.54, 1.807) is 17.8 Å². The van der Waals surface area contributed by atoms with Gasteiger partial charge in [-0.1, -0.05) is 35.5 Å². The first-order chi connectivity index (χ1) is 13.0. The molecule has 1 saturated heterocycles. The Morgan fingerprint density at radius 1 is 1.30 bits per heavy atom. The number of hydrogen-bond donors (Lipinski definition) is 0.